The van der Waals surface area contributed by atoms with Gasteiger partial charge in [-0.05, 0) is 6.42 Å². The molecule has 0 aliphatic carbocycles. The maximum absolute atomic E-state index is 12.6. The highest BCUT2D eigenvalue weighted by atomic mass is 32.1. The maximum atomic E-state index is 12.6. The lowest BCUT2D eigenvalue weighted by atomic mass is 9.74. The summed E-state index contributed by atoms with van der Waals surface area (Å²) in [5.41, 5.74) is -0.432. The van der Waals surface area contributed by atoms with E-state index in [0.29, 0.717) is 31.9 Å². The van der Waals surface area contributed by atoms with Crippen molar-refractivity contribution >= 4 is 23.2 Å². The predicted octanol–water partition coefficient (Wildman–Crippen LogP) is 1.83. The fourth-order valence-corrected chi connectivity index (χ4v) is 4.08. The van der Waals surface area contributed by atoms with E-state index in [9.17, 15) is 14.7 Å². The second-order valence-corrected chi connectivity index (χ2v) is 7.28. The van der Waals surface area contributed by atoms with Crippen LogP contribution in [0.25, 0.3) is 0 Å². The minimum absolute atomic E-state index is 0.133. The molecule has 1 aromatic rings. The van der Waals surface area contributed by atoms with Gasteiger partial charge in [-0.1, -0.05) is 13.8 Å². The number of carbonyl (C=O) groups is 2. The third kappa shape index (κ3) is 2.42. The summed E-state index contributed by atoms with van der Waals surface area (Å²) in [6.07, 6.45) is 0.463. The van der Waals surface area contributed by atoms with E-state index in [-0.39, 0.29) is 24.3 Å². The lowest BCUT2D eigenvalue weighted by molar-refractivity contribution is -0.157. The van der Waals surface area contributed by atoms with E-state index in [1.54, 1.807) is 10.3 Å². The second kappa shape index (κ2) is 5.62. The summed E-state index contributed by atoms with van der Waals surface area (Å²) in [5.74, 6) is -0.840. The number of aliphatic carboxylic acids is 1. The summed E-state index contributed by atoms with van der Waals surface area (Å²) >= 11 is 1.48. The largest absolute Gasteiger partial charge is 0.481 e. The Kier molecular flexibility index (Phi) is 3.94. The van der Waals surface area contributed by atoms with Crippen LogP contribution in [0.5, 0.6) is 0 Å². The molecule has 0 spiro atoms. The minimum atomic E-state index is -0.856. The van der Waals surface area contributed by atoms with Crippen molar-refractivity contribution in [3.63, 3.8) is 0 Å². The molecule has 3 rings (SSSR count). The fourth-order valence-electron chi connectivity index (χ4n) is 3.27. The number of aromatic nitrogens is 1. The molecule has 2 atom stereocenters. The van der Waals surface area contributed by atoms with E-state index in [4.69, 9.17) is 4.74 Å². The number of rotatable bonds is 3. The first-order valence-corrected chi connectivity index (χ1v) is 8.38. The molecule has 2 aliphatic heterocycles. The summed E-state index contributed by atoms with van der Waals surface area (Å²) in [5, 5.41) is 12.3. The highest BCUT2D eigenvalue weighted by molar-refractivity contribution is 7.09. The molecule has 120 valence electrons. The van der Waals surface area contributed by atoms with Crippen molar-refractivity contribution in [2.45, 2.75) is 26.2 Å². The van der Waals surface area contributed by atoms with Crippen LogP contribution in [0.2, 0.25) is 0 Å². The number of nitrogens with zero attached hydrogens (tertiary/aromatic N) is 2. The van der Waals surface area contributed by atoms with Crippen LogP contribution in [0.15, 0.2) is 5.38 Å². The van der Waals surface area contributed by atoms with Gasteiger partial charge in [0.05, 0.1) is 17.0 Å². The average Bonchev–Trinajstić information content (AvgIpc) is 3.11. The summed E-state index contributed by atoms with van der Waals surface area (Å²) in [6.45, 7) is 5.61. The Bertz CT molecular complexity index is 600. The summed E-state index contributed by atoms with van der Waals surface area (Å²) in [4.78, 5) is 30.4. The standard InChI is InChI=1S/C15H20N2O4S/c1-9(2)12-16-11(7-22-12)13(18)17-5-10-6-21-4-3-15(10,8-17)14(19)20/h7,9-10H,3-6,8H2,1-2H3,(H,19,20)/t10-,15+/m0/s1. The topological polar surface area (TPSA) is 79.7 Å². The Labute approximate surface area is 133 Å². The average molecular weight is 324 g/mol. The molecule has 0 bridgehead atoms. The number of carboxylic acids is 1. The zero-order valence-corrected chi connectivity index (χ0v) is 13.6. The lowest BCUT2D eigenvalue weighted by Gasteiger charge is -2.33. The third-order valence-corrected chi connectivity index (χ3v) is 5.80. The highest BCUT2D eigenvalue weighted by Crippen LogP contribution is 2.42. The number of hydrogen-bond acceptors (Lipinski definition) is 5. The Balaban J connectivity index is 1.81. The molecule has 7 heteroatoms. The van der Waals surface area contributed by atoms with Crippen LogP contribution in [0.1, 0.15) is 41.7 Å². The first kappa shape index (κ1) is 15.4. The Morgan fingerprint density at radius 3 is 2.91 bits per heavy atom. The normalized spacial score (nSPS) is 28.0. The Hall–Kier alpha value is -1.47. The molecular formula is C15H20N2O4S. The van der Waals surface area contributed by atoms with Gasteiger partial charge < -0.3 is 14.7 Å². The first-order valence-electron chi connectivity index (χ1n) is 7.50. The van der Waals surface area contributed by atoms with Gasteiger partial charge in [-0.3, -0.25) is 9.59 Å². The fraction of sp³-hybridized carbons (Fsp3) is 0.667. The van der Waals surface area contributed by atoms with Crippen LogP contribution in [0.3, 0.4) is 0 Å². The number of carboxylic acid groups (broad SMARTS) is 1. The Morgan fingerprint density at radius 1 is 1.55 bits per heavy atom. The van der Waals surface area contributed by atoms with Crippen LogP contribution in [0, 0.1) is 11.3 Å². The molecule has 0 saturated carbocycles. The molecule has 0 unspecified atom stereocenters. The number of carbonyl (C=O) groups excluding carboxylic acids is 1. The molecule has 0 aromatic carbocycles. The van der Waals surface area contributed by atoms with Crippen molar-refractivity contribution in [3.05, 3.63) is 16.1 Å². The van der Waals surface area contributed by atoms with Gasteiger partial charge >= 0.3 is 5.97 Å². The van der Waals surface area contributed by atoms with Gasteiger partial charge in [0, 0.05) is 36.9 Å². The molecule has 1 aromatic heterocycles. The number of amides is 1. The molecule has 1 amide bonds. The summed E-state index contributed by atoms with van der Waals surface area (Å²) < 4.78 is 5.41. The van der Waals surface area contributed by atoms with Crippen molar-refractivity contribution in [3.8, 4) is 0 Å². The van der Waals surface area contributed by atoms with Gasteiger partial charge in [0.2, 0.25) is 0 Å². The number of fused-ring (bicyclic) bond motifs is 1. The number of thiazole rings is 1. The SMILES string of the molecule is CC(C)c1nc(C(=O)N2C[C@H]3COCC[C@@]3(C(=O)O)C2)cs1. The number of hydrogen-bond donors (Lipinski definition) is 1. The first-order chi connectivity index (χ1) is 10.4. The van der Waals surface area contributed by atoms with E-state index in [1.165, 1.54) is 11.3 Å². The van der Waals surface area contributed by atoms with Gasteiger partial charge in [-0.25, -0.2) is 4.98 Å². The molecule has 0 radical (unpaired) electrons. The van der Waals surface area contributed by atoms with Crippen molar-refractivity contribution in [2.24, 2.45) is 11.3 Å². The van der Waals surface area contributed by atoms with Crippen LogP contribution in [-0.4, -0.2) is 53.2 Å². The summed E-state index contributed by atoms with van der Waals surface area (Å²) in [7, 11) is 0. The van der Waals surface area contributed by atoms with Gasteiger partial charge in [0.25, 0.3) is 5.91 Å². The maximum Gasteiger partial charge on any atom is 0.311 e. The minimum Gasteiger partial charge on any atom is -0.481 e. The van der Waals surface area contributed by atoms with Crippen molar-refractivity contribution < 1.29 is 19.4 Å². The number of likely N-dealkylation sites (tertiary alicyclic amines) is 1. The van der Waals surface area contributed by atoms with Crippen LogP contribution in [0.4, 0.5) is 0 Å². The highest BCUT2D eigenvalue weighted by Gasteiger charge is 2.55. The third-order valence-electron chi connectivity index (χ3n) is 4.65. The van der Waals surface area contributed by atoms with Crippen molar-refractivity contribution in [2.75, 3.05) is 26.3 Å². The van der Waals surface area contributed by atoms with Gasteiger partial charge in [-0.15, -0.1) is 11.3 Å². The van der Waals surface area contributed by atoms with E-state index in [1.807, 2.05) is 13.8 Å². The van der Waals surface area contributed by atoms with E-state index < -0.39 is 11.4 Å². The number of ether oxygens (including phenoxy) is 1. The zero-order valence-electron chi connectivity index (χ0n) is 12.7. The van der Waals surface area contributed by atoms with Crippen molar-refractivity contribution in [1.29, 1.82) is 0 Å². The van der Waals surface area contributed by atoms with E-state index in [2.05, 4.69) is 4.98 Å². The molecule has 3 heterocycles. The van der Waals surface area contributed by atoms with E-state index in [0.717, 1.165) is 5.01 Å². The van der Waals surface area contributed by atoms with Crippen LogP contribution < -0.4 is 0 Å². The van der Waals surface area contributed by atoms with Gasteiger partial charge in [-0.2, -0.15) is 0 Å². The second-order valence-electron chi connectivity index (χ2n) is 6.39. The van der Waals surface area contributed by atoms with Crippen LogP contribution in [-0.2, 0) is 9.53 Å². The predicted molar refractivity (Wildman–Crippen MR) is 81.1 cm³/mol. The smallest absolute Gasteiger partial charge is 0.311 e. The van der Waals surface area contributed by atoms with Crippen LogP contribution >= 0.6 is 11.3 Å². The lowest BCUT2D eigenvalue weighted by Crippen LogP contribution is -2.45. The molecule has 2 fully saturated rings. The molecule has 6 nitrogen and oxygen atoms in total. The molecule has 2 aliphatic rings. The zero-order chi connectivity index (χ0) is 15.9. The van der Waals surface area contributed by atoms with Gasteiger partial charge in [0.1, 0.15) is 5.69 Å². The van der Waals surface area contributed by atoms with Crippen molar-refractivity contribution in [1.82, 2.24) is 9.88 Å². The Morgan fingerprint density at radius 2 is 2.32 bits per heavy atom. The monoisotopic (exact) mass is 324 g/mol. The molecule has 22 heavy (non-hydrogen) atoms. The van der Waals surface area contributed by atoms with Gasteiger partial charge in [0.15, 0.2) is 0 Å². The molecule has 1 N–H and O–H groups in total. The quantitative estimate of drug-likeness (QED) is 0.917. The van der Waals surface area contributed by atoms with E-state index >= 15 is 0 Å². The molecule has 2 saturated heterocycles. The summed E-state index contributed by atoms with van der Waals surface area (Å²) in [6, 6.07) is 0. The molecular weight excluding hydrogens is 304 g/mol.